The molecule has 8 heteroatoms. The molecule has 1 heterocycles. The van der Waals surface area contributed by atoms with Gasteiger partial charge in [-0.1, -0.05) is 53.7 Å². The summed E-state index contributed by atoms with van der Waals surface area (Å²) < 4.78 is 10.7. The Morgan fingerprint density at radius 1 is 0.966 bits per heavy atom. The summed E-state index contributed by atoms with van der Waals surface area (Å²) >= 11 is 0. The first-order valence-corrected chi connectivity index (χ1v) is 9.17. The topological polar surface area (TPSA) is 106 Å². The number of benzene rings is 2. The molecule has 1 aromatic heterocycles. The number of carbonyl (C=O) groups is 2. The standard InChI is InChI=1S/C21H22N4O4/c1-14-7-6-8-15(2)20(14)28-13-18(27)24-23-17(26)11-12-19-22-21(25-29-19)16-9-4-3-5-10-16/h3-10H,11-13H2,1-2H3,(H,23,26)(H,24,27). The van der Waals surface area contributed by atoms with Gasteiger partial charge in [0.2, 0.25) is 17.6 Å². The first kappa shape index (κ1) is 20.1. The second-order valence-corrected chi connectivity index (χ2v) is 6.48. The Morgan fingerprint density at radius 3 is 2.38 bits per heavy atom. The van der Waals surface area contributed by atoms with E-state index in [9.17, 15) is 9.59 Å². The Labute approximate surface area is 168 Å². The maximum atomic E-state index is 11.9. The first-order valence-electron chi connectivity index (χ1n) is 9.17. The zero-order valence-corrected chi connectivity index (χ0v) is 16.3. The summed E-state index contributed by atoms with van der Waals surface area (Å²) in [6.45, 7) is 3.61. The van der Waals surface area contributed by atoms with Crippen molar-refractivity contribution in [1.82, 2.24) is 21.0 Å². The number of hydrogen-bond acceptors (Lipinski definition) is 6. The molecule has 0 unspecified atom stereocenters. The minimum absolute atomic E-state index is 0.0917. The molecule has 3 rings (SSSR count). The van der Waals surface area contributed by atoms with Crippen molar-refractivity contribution < 1.29 is 18.8 Å². The Bertz CT molecular complexity index is 965. The van der Waals surface area contributed by atoms with Gasteiger partial charge >= 0.3 is 0 Å². The van der Waals surface area contributed by atoms with Gasteiger partial charge in [0.15, 0.2) is 6.61 Å². The summed E-state index contributed by atoms with van der Waals surface area (Å²) in [7, 11) is 0. The molecule has 0 bridgehead atoms. The van der Waals surface area contributed by atoms with Crippen LogP contribution in [0.15, 0.2) is 53.1 Å². The Balaban J connectivity index is 1.40. The third-order valence-corrected chi connectivity index (χ3v) is 4.16. The van der Waals surface area contributed by atoms with E-state index in [2.05, 4.69) is 21.0 Å². The lowest BCUT2D eigenvalue weighted by atomic mass is 10.1. The molecule has 0 atom stereocenters. The fraction of sp³-hybridized carbons (Fsp3) is 0.238. The SMILES string of the molecule is Cc1cccc(C)c1OCC(=O)NNC(=O)CCc1nc(-c2ccccc2)no1. The zero-order chi connectivity index (χ0) is 20.6. The molecule has 0 saturated carbocycles. The monoisotopic (exact) mass is 394 g/mol. The second kappa shape index (κ2) is 9.50. The lowest BCUT2D eigenvalue weighted by molar-refractivity contribution is -0.130. The molecule has 3 aromatic rings. The number of rotatable bonds is 7. The minimum atomic E-state index is -0.454. The molecule has 29 heavy (non-hydrogen) atoms. The van der Waals surface area contributed by atoms with Gasteiger partial charge in [0, 0.05) is 18.4 Å². The van der Waals surface area contributed by atoms with Gasteiger partial charge in [-0.15, -0.1) is 0 Å². The van der Waals surface area contributed by atoms with Gasteiger partial charge in [0.05, 0.1) is 0 Å². The number of hydrogen-bond donors (Lipinski definition) is 2. The molecular weight excluding hydrogens is 372 g/mol. The van der Waals surface area contributed by atoms with Crippen LogP contribution in [0.5, 0.6) is 5.75 Å². The van der Waals surface area contributed by atoms with E-state index in [-0.39, 0.29) is 25.4 Å². The molecule has 0 spiro atoms. The molecule has 0 radical (unpaired) electrons. The number of amides is 2. The van der Waals surface area contributed by atoms with Gasteiger partial charge in [0.25, 0.3) is 5.91 Å². The van der Waals surface area contributed by atoms with Crippen molar-refractivity contribution in [2.45, 2.75) is 26.7 Å². The number of aryl methyl sites for hydroxylation is 3. The fourth-order valence-electron chi connectivity index (χ4n) is 2.68. The van der Waals surface area contributed by atoms with Crippen LogP contribution >= 0.6 is 0 Å². The molecule has 0 aliphatic heterocycles. The van der Waals surface area contributed by atoms with Crippen LogP contribution in [0.4, 0.5) is 0 Å². The Hall–Kier alpha value is -3.68. The van der Waals surface area contributed by atoms with E-state index in [1.165, 1.54) is 0 Å². The van der Waals surface area contributed by atoms with Gasteiger partial charge < -0.3 is 9.26 Å². The van der Waals surface area contributed by atoms with Gasteiger partial charge in [-0.3, -0.25) is 20.4 Å². The molecule has 0 aliphatic carbocycles. The van der Waals surface area contributed by atoms with Crippen molar-refractivity contribution in [3.05, 3.63) is 65.5 Å². The summed E-state index contributed by atoms with van der Waals surface area (Å²) in [6, 6.07) is 15.1. The van der Waals surface area contributed by atoms with Crippen LogP contribution in [0.25, 0.3) is 11.4 Å². The summed E-state index contributed by atoms with van der Waals surface area (Å²) in [4.78, 5) is 28.1. The molecule has 0 saturated heterocycles. The highest BCUT2D eigenvalue weighted by atomic mass is 16.5. The largest absolute Gasteiger partial charge is 0.483 e. The second-order valence-electron chi connectivity index (χ2n) is 6.48. The molecule has 0 fully saturated rings. The average Bonchev–Trinajstić information content (AvgIpc) is 3.20. The number of para-hydroxylation sites is 1. The zero-order valence-electron chi connectivity index (χ0n) is 16.3. The van der Waals surface area contributed by atoms with E-state index in [1.54, 1.807) is 0 Å². The van der Waals surface area contributed by atoms with E-state index in [0.29, 0.717) is 17.5 Å². The highest BCUT2D eigenvalue weighted by Gasteiger charge is 2.12. The Kier molecular flexibility index (Phi) is 6.57. The predicted octanol–water partition coefficient (Wildman–Crippen LogP) is 2.51. The third-order valence-electron chi connectivity index (χ3n) is 4.16. The van der Waals surface area contributed by atoms with E-state index in [1.807, 2.05) is 62.4 Å². The van der Waals surface area contributed by atoms with Gasteiger partial charge in [-0.05, 0) is 25.0 Å². The lowest BCUT2D eigenvalue weighted by Crippen LogP contribution is -2.44. The van der Waals surface area contributed by atoms with E-state index in [4.69, 9.17) is 9.26 Å². The summed E-state index contributed by atoms with van der Waals surface area (Å²) in [5.41, 5.74) is 7.40. The number of ether oxygens (including phenoxy) is 1. The van der Waals surface area contributed by atoms with E-state index >= 15 is 0 Å². The van der Waals surface area contributed by atoms with Gasteiger partial charge in [-0.25, -0.2) is 0 Å². The van der Waals surface area contributed by atoms with Crippen molar-refractivity contribution in [2.24, 2.45) is 0 Å². The highest BCUT2D eigenvalue weighted by Crippen LogP contribution is 2.22. The normalized spacial score (nSPS) is 10.4. The molecule has 0 aliphatic rings. The van der Waals surface area contributed by atoms with Crippen LogP contribution in [0.2, 0.25) is 0 Å². The molecule has 150 valence electrons. The number of nitrogens with one attached hydrogen (secondary N) is 2. The van der Waals surface area contributed by atoms with Crippen LogP contribution in [0, 0.1) is 13.8 Å². The van der Waals surface area contributed by atoms with Crippen LogP contribution in [0.3, 0.4) is 0 Å². The summed E-state index contributed by atoms with van der Waals surface area (Å²) in [6.07, 6.45) is 0.356. The first-order chi connectivity index (χ1) is 14.0. The lowest BCUT2D eigenvalue weighted by Gasteiger charge is -2.12. The van der Waals surface area contributed by atoms with Crippen molar-refractivity contribution in [2.75, 3.05) is 6.61 Å². The fourth-order valence-corrected chi connectivity index (χ4v) is 2.68. The third kappa shape index (κ3) is 5.65. The molecule has 2 amide bonds. The van der Waals surface area contributed by atoms with E-state index < -0.39 is 5.91 Å². The van der Waals surface area contributed by atoms with Crippen LogP contribution < -0.4 is 15.6 Å². The predicted molar refractivity (Wildman–Crippen MR) is 106 cm³/mol. The number of aromatic nitrogens is 2. The number of hydrazine groups is 1. The van der Waals surface area contributed by atoms with Crippen LogP contribution in [0.1, 0.15) is 23.4 Å². The maximum absolute atomic E-state index is 11.9. The van der Waals surface area contributed by atoms with Gasteiger partial charge in [-0.2, -0.15) is 4.98 Å². The highest BCUT2D eigenvalue weighted by molar-refractivity contribution is 5.82. The minimum Gasteiger partial charge on any atom is -0.483 e. The molecule has 8 nitrogen and oxygen atoms in total. The quantitative estimate of drug-likeness (QED) is 0.597. The van der Waals surface area contributed by atoms with Crippen molar-refractivity contribution in [3.63, 3.8) is 0 Å². The van der Waals surface area contributed by atoms with Crippen molar-refractivity contribution >= 4 is 11.8 Å². The smallest absolute Gasteiger partial charge is 0.276 e. The Morgan fingerprint density at radius 2 is 1.66 bits per heavy atom. The maximum Gasteiger partial charge on any atom is 0.276 e. The van der Waals surface area contributed by atoms with Crippen molar-refractivity contribution in [3.8, 4) is 17.1 Å². The van der Waals surface area contributed by atoms with Crippen LogP contribution in [-0.2, 0) is 16.0 Å². The van der Waals surface area contributed by atoms with Crippen molar-refractivity contribution in [1.29, 1.82) is 0 Å². The van der Waals surface area contributed by atoms with Gasteiger partial charge in [0.1, 0.15) is 5.75 Å². The molecular formula is C21H22N4O4. The average molecular weight is 394 g/mol. The number of nitrogens with zero attached hydrogens (tertiary/aromatic N) is 2. The summed E-state index contributed by atoms with van der Waals surface area (Å²) in [5.74, 6) is 0.663. The van der Waals surface area contributed by atoms with Crippen LogP contribution in [-0.4, -0.2) is 28.6 Å². The van der Waals surface area contributed by atoms with E-state index in [0.717, 1.165) is 16.7 Å². The summed E-state index contributed by atoms with van der Waals surface area (Å²) in [5, 5.41) is 3.90. The molecule has 2 N–H and O–H groups in total. The number of carbonyl (C=O) groups excluding carboxylic acids is 2. The molecule has 2 aromatic carbocycles.